The number of aromatic nitrogens is 1. The molecule has 0 aliphatic rings. The van der Waals surface area contributed by atoms with Crippen molar-refractivity contribution in [2.24, 2.45) is 0 Å². The van der Waals surface area contributed by atoms with Gasteiger partial charge in [0.2, 0.25) is 5.91 Å². The summed E-state index contributed by atoms with van der Waals surface area (Å²) in [7, 11) is 0. The van der Waals surface area contributed by atoms with Gasteiger partial charge in [-0.3, -0.25) is 4.79 Å². The van der Waals surface area contributed by atoms with Gasteiger partial charge < -0.3 is 9.84 Å². The fourth-order valence-electron chi connectivity index (χ4n) is 1.44. The molecule has 5 heteroatoms. The Hall–Kier alpha value is -1.62. The van der Waals surface area contributed by atoms with Crippen molar-refractivity contribution in [3.05, 3.63) is 29.3 Å². The minimum Gasteiger partial charge on any atom is -0.364 e. The highest BCUT2D eigenvalue weighted by Crippen LogP contribution is 2.26. The van der Waals surface area contributed by atoms with Crippen LogP contribution in [-0.2, 0) is 11.2 Å². The third kappa shape index (κ3) is 3.17. The van der Waals surface area contributed by atoms with Crippen LogP contribution < -0.4 is 5.32 Å². The molecule has 2 rings (SSSR count). The zero-order chi connectivity index (χ0) is 12.1. The van der Waals surface area contributed by atoms with Crippen LogP contribution >= 0.6 is 11.3 Å². The molecule has 0 aliphatic carbocycles. The van der Waals surface area contributed by atoms with Gasteiger partial charge in [-0.25, -0.2) is 0 Å². The molecular weight excluding hydrogens is 236 g/mol. The van der Waals surface area contributed by atoms with E-state index in [1.165, 1.54) is 0 Å². The van der Waals surface area contributed by atoms with E-state index in [9.17, 15) is 4.79 Å². The Morgan fingerprint density at radius 3 is 3.06 bits per heavy atom. The first-order chi connectivity index (χ1) is 8.29. The van der Waals surface area contributed by atoms with Crippen LogP contribution in [0, 0.1) is 0 Å². The Labute approximate surface area is 104 Å². The molecule has 0 saturated carbocycles. The number of thiophene rings is 1. The maximum absolute atomic E-state index is 11.5. The number of carbonyl (C=O) groups excluding carboxylic acids is 1. The van der Waals surface area contributed by atoms with Crippen molar-refractivity contribution in [3.8, 4) is 10.6 Å². The van der Waals surface area contributed by atoms with Crippen molar-refractivity contribution in [1.29, 1.82) is 0 Å². The van der Waals surface area contributed by atoms with E-state index >= 15 is 0 Å². The minimum atomic E-state index is 0.0698. The summed E-state index contributed by atoms with van der Waals surface area (Å²) in [5.74, 6) is 0.0698. The standard InChI is InChI=1S/C12H14N2O2S/c1-2-6-13-12(15)8-9-3-4-11(17-9)10-5-7-16-14-10/h3-5,7H,2,6,8H2,1H3,(H,13,15). The largest absolute Gasteiger partial charge is 0.364 e. The van der Waals surface area contributed by atoms with Crippen molar-refractivity contribution < 1.29 is 9.32 Å². The predicted molar refractivity (Wildman–Crippen MR) is 66.8 cm³/mol. The Morgan fingerprint density at radius 1 is 1.47 bits per heavy atom. The van der Waals surface area contributed by atoms with Crippen LogP contribution in [0.1, 0.15) is 18.2 Å². The fourth-order valence-corrected chi connectivity index (χ4v) is 2.40. The zero-order valence-corrected chi connectivity index (χ0v) is 10.4. The molecule has 2 aromatic rings. The number of carbonyl (C=O) groups is 1. The maximum Gasteiger partial charge on any atom is 0.225 e. The van der Waals surface area contributed by atoms with E-state index in [-0.39, 0.29) is 5.91 Å². The summed E-state index contributed by atoms with van der Waals surface area (Å²) in [6.45, 7) is 2.77. The summed E-state index contributed by atoms with van der Waals surface area (Å²) in [4.78, 5) is 13.6. The second-order valence-electron chi connectivity index (χ2n) is 3.68. The number of hydrogen-bond donors (Lipinski definition) is 1. The first-order valence-electron chi connectivity index (χ1n) is 5.55. The van der Waals surface area contributed by atoms with E-state index in [4.69, 9.17) is 4.52 Å². The Kier molecular flexibility index (Phi) is 3.93. The number of rotatable bonds is 5. The van der Waals surface area contributed by atoms with Gasteiger partial charge in [0.15, 0.2) is 0 Å². The van der Waals surface area contributed by atoms with Gasteiger partial charge in [0.05, 0.1) is 11.3 Å². The summed E-state index contributed by atoms with van der Waals surface area (Å²) in [5, 5.41) is 6.72. The minimum absolute atomic E-state index is 0.0698. The van der Waals surface area contributed by atoms with Crippen LogP contribution in [0.15, 0.2) is 29.0 Å². The first kappa shape index (κ1) is 11.9. The van der Waals surface area contributed by atoms with Crippen molar-refractivity contribution in [3.63, 3.8) is 0 Å². The van der Waals surface area contributed by atoms with Crippen LogP contribution in [0.25, 0.3) is 10.6 Å². The maximum atomic E-state index is 11.5. The Bertz CT molecular complexity index is 476. The van der Waals surface area contributed by atoms with Gasteiger partial charge in [-0.05, 0) is 18.6 Å². The molecule has 0 radical (unpaired) electrons. The summed E-state index contributed by atoms with van der Waals surface area (Å²) < 4.78 is 4.79. The van der Waals surface area contributed by atoms with Gasteiger partial charge in [0.1, 0.15) is 12.0 Å². The predicted octanol–water partition coefficient (Wildman–Crippen LogP) is 2.47. The van der Waals surface area contributed by atoms with E-state index < -0.39 is 0 Å². The Balaban J connectivity index is 1.97. The van der Waals surface area contributed by atoms with Gasteiger partial charge >= 0.3 is 0 Å². The summed E-state index contributed by atoms with van der Waals surface area (Å²) >= 11 is 1.57. The number of nitrogens with one attached hydrogen (secondary N) is 1. The monoisotopic (exact) mass is 250 g/mol. The second kappa shape index (κ2) is 5.63. The van der Waals surface area contributed by atoms with Crippen molar-refractivity contribution in [2.75, 3.05) is 6.54 Å². The highest BCUT2D eigenvalue weighted by Gasteiger charge is 2.08. The smallest absolute Gasteiger partial charge is 0.225 e. The molecule has 0 bridgehead atoms. The molecule has 0 fully saturated rings. The Morgan fingerprint density at radius 2 is 2.35 bits per heavy atom. The molecule has 0 unspecified atom stereocenters. The third-order valence-corrected chi connectivity index (χ3v) is 3.37. The van der Waals surface area contributed by atoms with Crippen LogP contribution in [0.2, 0.25) is 0 Å². The lowest BCUT2D eigenvalue weighted by molar-refractivity contribution is -0.120. The molecule has 90 valence electrons. The lowest BCUT2D eigenvalue weighted by atomic mass is 10.3. The highest BCUT2D eigenvalue weighted by atomic mass is 32.1. The lowest BCUT2D eigenvalue weighted by Crippen LogP contribution is -2.25. The normalized spacial score (nSPS) is 10.4. The quantitative estimate of drug-likeness (QED) is 0.887. The van der Waals surface area contributed by atoms with Gasteiger partial charge in [-0.2, -0.15) is 0 Å². The topological polar surface area (TPSA) is 55.1 Å². The molecule has 1 N–H and O–H groups in total. The van der Waals surface area contributed by atoms with Crippen molar-refractivity contribution >= 4 is 17.2 Å². The molecule has 0 atom stereocenters. The molecule has 0 aliphatic heterocycles. The molecule has 0 spiro atoms. The SMILES string of the molecule is CCCNC(=O)Cc1ccc(-c2ccon2)s1. The van der Waals surface area contributed by atoms with Gasteiger partial charge in [-0.1, -0.05) is 12.1 Å². The molecule has 0 aromatic carbocycles. The van der Waals surface area contributed by atoms with Crippen LogP contribution in [-0.4, -0.2) is 17.6 Å². The molecule has 1 amide bonds. The molecule has 2 aromatic heterocycles. The van der Waals surface area contributed by atoms with Gasteiger partial charge in [0.25, 0.3) is 0 Å². The van der Waals surface area contributed by atoms with Crippen molar-refractivity contribution in [2.45, 2.75) is 19.8 Å². The summed E-state index contributed by atoms with van der Waals surface area (Å²) in [5.41, 5.74) is 0.815. The van der Waals surface area contributed by atoms with Crippen LogP contribution in [0.5, 0.6) is 0 Å². The number of amides is 1. The second-order valence-corrected chi connectivity index (χ2v) is 4.85. The van der Waals surface area contributed by atoms with Gasteiger partial charge in [-0.15, -0.1) is 11.3 Å². The van der Waals surface area contributed by atoms with E-state index in [1.807, 2.05) is 25.1 Å². The zero-order valence-electron chi connectivity index (χ0n) is 9.60. The summed E-state index contributed by atoms with van der Waals surface area (Å²) in [6, 6.07) is 5.73. The molecule has 2 heterocycles. The fraction of sp³-hybridized carbons (Fsp3) is 0.333. The molecule has 17 heavy (non-hydrogen) atoms. The van der Waals surface area contributed by atoms with E-state index in [0.29, 0.717) is 6.42 Å². The van der Waals surface area contributed by atoms with Crippen LogP contribution in [0.3, 0.4) is 0 Å². The van der Waals surface area contributed by atoms with Crippen LogP contribution in [0.4, 0.5) is 0 Å². The lowest BCUT2D eigenvalue weighted by Gasteiger charge is -2.00. The number of nitrogens with zero attached hydrogens (tertiary/aromatic N) is 1. The number of hydrogen-bond acceptors (Lipinski definition) is 4. The molecule has 0 saturated heterocycles. The molecular formula is C12H14N2O2S. The average Bonchev–Trinajstić information content (AvgIpc) is 2.95. The third-order valence-electron chi connectivity index (χ3n) is 2.26. The average molecular weight is 250 g/mol. The van der Waals surface area contributed by atoms with E-state index in [0.717, 1.165) is 28.4 Å². The van der Waals surface area contributed by atoms with Crippen molar-refractivity contribution in [1.82, 2.24) is 10.5 Å². The van der Waals surface area contributed by atoms with E-state index in [1.54, 1.807) is 17.6 Å². The highest BCUT2D eigenvalue weighted by molar-refractivity contribution is 7.15. The summed E-state index contributed by atoms with van der Waals surface area (Å²) in [6.07, 6.45) is 2.94. The van der Waals surface area contributed by atoms with E-state index in [2.05, 4.69) is 10.5 Å². The first-order valence-corrected chi connectivity index (χ1v) is 6.37. The van der Waals surface area contributed by atoms with Gasteiger partial charge in [0, 0.05) is 17.5 Å². The molecule has 4 nitrogen and oxygen atoms in total.